The minimum absolute atomic E-state index is 0.729. The van der Waals surface area contributed by atoms with E-state index in [0.29, 0.717) is 0 Å². The van der Waals surface area contributed by atoms with Gasteiger partial charge in [0.2, 0.25) is 6.19 Å². The van der Waals surface area contributed by atoms with E-state index in [9.17, 15) is 0 Å². The first-order chi connectivity index (χ1) is 3.68. The van der Waals surface area contributed by atoms with E-state index in [1.165, 1.54) is 0 Å². The molecule has 44 valence electrons. The Balaban J connectivity index is 3.85. The summed E-state index contributed by atoms with van der Waals surface area (Å²) >= 11 is 0. The average molecular weight is 111 g/mol. The van der Waals surface area contributed by atoms with E-state index in [1.807, 2.05) is 14.1 Å². The second-order valence-electron chi connectivity index (χ2n) is 1.65. The van der Waals surface area contributed by atoms with Gasteiger partial charge in [-0.15, -0.1) is 0 Å². The Morgan fingerprint density at radius 1 is 1.62 bits per heavy atom. The number of rotatable bonds is 0. The number of nitriles is 1. The zero-order valence-corrected chi connectivity index (χ0v) is 5.34. The summed E-state index contributed by atoms with van der Waals surface area (Å²) in [6.07, 6.45) is 1.70. The van der Waals surface area contributed by atoms with Crippen LogP contribution in [0.4, 0.5) is 0 Å². The van der Waals surface area contributed by atoms with Crippen molar-refractivity contribution in [2.75, 3.05) is 14.1 Å². The zero-order valence-electron chi connectivity index (χ0n) is 5.34. The van der Waals surface area contributed by atoms with Crippen molar-refractivity contribution in [1.82, 2.24) is 4.90 Å². The van der Waals surface area contributed by atoms with Crippen molar-refractivity contribution < 1.29 is 0 Å². The van der Waals surface area contributed by atoms with Gasteiger partial charge >= 0.3 is 0 Å². The van der Waals surface area contributed by atoms with Gasteiger partial charge in [-0.25, -0.2) is 0 Å². The molecule has 0 amide bonds. The van der Waals surface area contributed by atoms with Gasteiger partial charge in [-0.3, -0.25) is 0 Å². The highest BCUT2D eigenvalue weighted by molar-refractivity contribution is 5.79. The molecule has 0 aromatic heterocycles. The molecule has 0 fully saturated rings. The van der Waals surface area contributed by atoms with Crippen LogP contribution in [0.3, 0.4) is 0 Å². The Kier molecular flexibility index (Phi) is 2.63. The molecule has 3 nitrogen and oxygen atoms in total. The molecular formula is C5H9N3. The predicted octanol–water partition coefficient (Wildman–Crippen LogP) is 0.447. The molecule has 0 unspecified atom stereocenters. The summed E-state index contributed by atoms with van der Waals surface area (Å²) < 4.78 is 0. The van der Waals surface area contributed by atoms with Crippen LogP contribution < -0.4 is 0 Å². The molecule has 3 heteroatoms. The molecule has 0 radical (unpaired) electrons. The molecule has 0 bridgehead atoms. The lowest BCUT2D eigenvalue weighted by atomic mass is 10.6. The Morgan fingerprint density at radius 2 is 2.12 bits per heavy atom. The standard InChI is InChI=1S/C5H9N3/c1-5(7-4-6)8(2)3/h1-3H3/b7-5+. The van der Waals surface area contributed by atoms with Crippen molar-refractivity contribution in [3.05, 3.63) is 0 Å². The molecule has 8 heavy (non-hydrogen) atoms. The summed E-state index contributed by atoms with van der Waals surface area (Å²) in [5.41, 5.74) is 0. The van der Waals surface area contributed by atoms with E-state index in [2.05, 4.69) is 4.99 Å². The molecule has 0 spiro atoms. The highest BCUT2D eigenvalue weighted by Gasteiger charge is 1.87. The number of aliphatic imine (C=N–C) groups is 1. The highest BCUT2D eigenvalue weighted by atomic mass is 15.1. The lowest BCUT2D eigenvalue weighted by molar-refractivity contribution is 0.619. The lowest BCUT2D eigenvalue weighted by Gasteiger charge is -2.07. The van der Waals surface area contributed by atoms with E-state index in [0.717, 1.165) is 5.84 Å². The van der Waals surface area contributed by atoms with E-state index in [-0.39, 0.29) is 0 Å². The van der Waals surface area contributed by atoms with Gasteiger partial charge in [0.1, 0.15) is 5.84 Å². The van der Waals surface area contributed by atoms with Crippen molar-refractivity contribution in [1.29, 1.82) is 5.26 Å². The summed E-state index contributed by atoms with van der Waals surface area (Å²) in [4.78, 5) is 5.25. The fraction of sp³-hybridized carbons (Fsp3) is 0.600. The van der Waals surface area contributed by atoms with Crippen LogP contribution in [0.15, 0.2) is 4.99 Å². The van der Waals surface area contributed by atoms with Crippen LogP contribution in [0, 0.1) is 11.5 Å². The fourth-order valence-electron chi connectivity index (χ4n) is 0.172. The lowest BCUT2D eigenvalue weighted by Crippen LogP contribution is -2.17. The predicted molar refractivity (Wildman–Crippen MR) is 32.4 cm³/mol. The number of hydrogen-bond donors (Lipinski definition) is 0. The maximum absolute atomic E-state index is 8.02. The SMILES string of the molecule is C/C(=N\C#N)N(C)C. The third-order valence-corrected chi connectivity index (χ3v) is 0.859. The van der Waals surface area contributed by atoms with Gasteiger partial charge in [-0.2, -0.15) is 10.3 Å². The first-order valence-electron chi connectivity index (χ1n) is 2.29. The quantitative estimate of drug-likeness (QED) is 0.258. The number of hydrogen-bond acceptors (Lipinski definition) is 2. The molecule has 0 aliphatic carbocycles. The van der Waals surface area contributed by atoms with Crippen molar-refractivity contribution in [3.8, 4) is 6.19 Å². The molecule has 0 heterocycles. The maximum atomic E-state index is 8.02. The largest absolute Gasteiger partial charge is 0.366 e. The third kappa shape index (κ3) is 2.19. The van der Waals surface area contributed by atoms with Crippen LogP contribution in [-0.2, 0) is 0 Å². The topological polar surface area (TPSA) is 39.4 Å². The van der Waals surface area contributed by atoms with Gasteiger partial charge < -0.3 is 4.90 Å². The van der Waals surface area contributed by atoms with E-state index in [4.69, 9.17) is 5.26 Å². The van der Waals surface area contributed by atoms with Crippen LogP contribution in [-0.4, -0.2) is 24.8 Å². The average Bonchev–Trinajstić information content (AvgIpc) is 1.67. The molecule has 0 saturated carbocycles. The first-order valence-corrected chi connectivity index (χ1v) is 2.29. The van der Waals surface area contributed by atoms with Gasteiger partial charge in [0, 0.05) is 14.1 Å². The molecular weight excluding hydrogens is 102 g/mol. The Bertz CT molecular complexity index is 129. The van der Waals surface area contributed by atoms with Crippen LogP contribution >= 0.6 is 0 Å². The van der Waals surface area contributed by atoms with E-state index >= 15 is 0 Å². The molecule has 0 aromatic rings. The van der Waals surface area contributed by atoms with Crippen LogP contribution in [0.2, 0.25) is 0 Å². The summed E-state index contributed by atoms with van der Waals surface area (Å²) in [6, 6.07) is 0. The Hall–Kier alpha value is -1.04. The normalized spacial score (nSPS) is 10.5. The Labute approximate surface area is 49.2 Å². The minimum atomic E-state index is 0.729. The highest BCUT2D eigenvalue weighted by Crippen LogP contribution is 1.78. The number of nitrogens with zero attached hydrogens (tertiary/aromatic N) is 3. The second kappa shape index (κ2) is 3.03. The Morgan fingerprint density at radius 3 is 2.25 bits per heavy atom. The zero-order chi connectivity index (χ0) is 6.57. The van der Waals surface area contributed by atoms with E-state index < -0.39 is 0 Å². The fourth-order valence-corrected chi connectivity index (χ4v) is 0.172. The van der Waals surface area contributed by atoms with Crippen LogP contribution in [0.25, 0.3) is 0 Å². The van der Waals surface area contributed by atoms with Crippen molar-refractivity contribution in [2.24, 2.45) is 4.99 Å². The molecule has 0 atom stereocenters. The van der Waals surface area contributed by atoms with Crippen LogP contribution in [0.1, 0.15) is 6.92 Å². The molecule has 0 aromatic carbocycles. The maximum Gasteiger partial charge on any atom is 0.207 e. The smallest absolute Gasteiger partial charge is 0.207 e. The minimum Gasteiger partial charge on any atom is -0.366 e. The third-order valence-electron chi connectivity index (χ3n) is 0.859. The molecule has 0 aliphatic heterocycles. The first kappa shape index (κ1) is 6.96. The van der Waals surface area contributed by atoms with Gasteiger partial charge in [0.05, 0.1) is 0 Å². The number of amidine groups is 1. The monoisotopic (exact) mass is 111 g/mol. The molecule has 0 saturated heterocycles. The molecule has 0 N–H and O–H groups in total. The summed E-state index contributed by atoms with van der Waals surface area (Å²) in [6.45, 7) is 1.78. The van der Waals surface area contributed by atoms with Gasteiger partial charge in [0.25, 0.3) is 0 Å². The second-order valence-corrected chi connectivity index (χ2v) is 1.65. The van der Waals surface area contributed by atoms with Crippen molar-refractivity contribution in [2.45, 2.75) is 6.92 Å². The molecule has 0 rings (SSSR count). The summed E-state index contributed by atoms with van der Waals surface area (Å²) in [5.74, 6) is 0.729. The van der Waals surface area contributed by atoms with Gasteiger partial charge in [-0.05, 0) is 6.92 Å². The van der Waals surface area contributed by atoms with Crippen molar-refractivity contribution >= 4 is 5.84 Å². The van der Waals surface area contributed by atoms with Gasteiger partial charge in [0.15, 0.2) is 0 Å². The van der Waals surface area contributed by atoms with Crippen LogP contribution in [0.5, 0.6) is 0 Å². The van der Waals surface area contributed by atoms with Crippen molar-refractivity contribution in [3.63, 3.8) is 0 Å². The van der Waals surface area contributed by atoms with Gasteiger partial charge in [-0.1, -0.05) is 0 Å². The summed E-state index contributed by atoms with van der Waals surface area (Å²) in [5, 5.41) is 8.02. The summed E-state index contributed by atoms with van der Waals surface area (Å²) in [7, 11) is 3.69. The van der Waals surface area contributed by atoms with E-state index in [1.54, 1.807) is 18.0 Å². The molecule has 0 aliphatic rings.